The minimum absolute atomic E-state index is 0.0191. The van der Waals surface area contributed by atoms with E-state index in [0.29, 0.717) is 13.1 Å². The van der Waals surface area contributed by atoms with Crippen molar-refractivity contribution in [3.05, 3.63) is 52.8 Å². The summed E-state index contributed by atoms with van der Waals surface area (Å²) >= 11 is 0. The van der Waals surface area contributed by atoms with Crippen LogP contribution in [0.2, 0.25) is 0 Å². The monoisotopic (exact) mass is 285 g/mol. The Bertz CT molecular complexity index is 679. The lowest BCUT2D eigenvalue weighted by Gasteiger charge is -2.29. The molecule has 0 bridgehead atoms. The second-order valence-electron chi connectivity index (χ2n) is 5.11. The highest BCUT2D eigenvalue weighted by Gasteiger charge is 2.22. The van der Waals surface area contributed by atoms with Crippen molar-refractivity contribution in [2.75, 3.05) is 6.54 Å². The van der Waals surface area contributed by atoms with Crippen LogP contribution in [-0.2, 0) is 24.2 Å². The van der Waals surface area contributed by atoms with Gasteiger partial charge in [0.2, 0.25) is 5.91 Å². The minimum atomic E-state index is -0.946. The van der Waals surface area contributed by atoms with Gasteiger partial charge < -0.3 is 10.0 Å². The van der Waals surface area contributed by atoms with Crippen LogP contribution < -0.4 is 0 Å². The predicted molar refractivity (Wildman–Crippen MR) is 74.8 cm³/mol. The molecule has 2 aromatic rings. The third-order valence-corrected chi connectivity index (χ3v) is 3.72. The predicted octanol–water partition coefficient (Wildman–Crippen LogP) is 1.24. The minimum Gasteiger partial charge on any atom is -0.478 e. The van der Waals surface area contributed by atoms with E-state index in [0.717, 1.165) is 23.2 Å². The normalized spacial score (nSPS) is 13.8. The van der Waals surface area contributed by atoms with Crippen LogP contribution in [0.5, 0.6) is 0 Å². The molecule has 0 fully saturated rings. The Labute approximate surface area is 121 Å². The van der Waals surface area contributed by atoms with Crippen molar-refractivity contribution in [1.29, 1.82) is 0 Å². The first-order valence-electron chi connectivity index (χ1n) is 6.74. The summed E-state index contributed by atoms with van der Waals surface area (Å²) in [5.41, 5.74) is 3.08. The number of fused-ring (bicyclic) bond motifs is 1. The molecule has 21 heavy (non-hydrogen) atoms. The van der Waals surface area contributed by atoms with Crippen LogP contribution in [0.1, 0.15) is 27.2 Å². The quantitative estimate of drug-likeness (QED) is 0.888. The van der Waals surface area contributed by atoms with E-state index >= 15 is 0 Å². The van der Waals surface area contributed by atoms with Crippen molar-refractivity contribution in [2.24, 2.45) is 0 Å². The fourth-order valence-electron chi connectivity index (χ4n) is 2.56. The van der Waals surface area contributed by atoms with Crippen molar-refractivity contribution in [3.63, 3.8) is 0 Å². The van der Waals surface area contributed by atoms with E-state index in [9.17, 15) is 9.59 Å². The van der Waals surface area contributed by atoms with Gasteiger partial charge in [-0.3, -0.25) is 9.89 Å². The Morgan fingerprint density at radius 2 is 2.14 bits per heavy atom. The van der Waals surface area contributed by atoms with Gasteiger partial charge in [-0.1, -0.05) is 6.07 Å². The lowest BCUT2D eigenvalue weighted by molar-refractivity contribution is -0.131. The average molecular weight is 285 g/mol. The number of hydrogen-bond donors (Lipinski definition) is 2. The Kier molecular flexibility index (Phi) is 3.43. The molecule has 1 aliphatic rings. The Morgan fingerprint density at radius 1 is 1.29 bits per heavy atom. The molecule has 6 heteroatoms. The van der Waals surface area contributed by atoms with Crippen molar-refractivity contribution in [3.8, 4) is 0 Å². The molecule has 6 nitrogen and oxygen atoms in total. The Balaban J connectivity index is 1.75. The van der Waals surface area contributed by atoms with Gasteiger partial charge in [0.15, 0.2) is 0 Å². The van der Waals surface area contributed by atoms with Gasteiger partial charge in [0.05, 0.1) is 12.0 Å². The molecule has 1 aliphatic heterocycles. The summed E-state index contributed by atoms with van der Waals surface area (Å²) in [5.74, 6) is -0.927. The molecule has 3 rings (SSSR count). The first-order chi connectivity index (χ1) is 10.1. The van der Waals surface area contributed by atoms with Crippen LogP contribution in [0, 0.1) is 0 Å². The number of carboxylic acid groups (broad SMARTS) is 1. The number of benzene rings is 1. The summed E-state index contributed by atoms with van der Waals surface area (Å²) in [7, 11) is 0. The summed E-state index contributed by atoms with van der Waals surface area (Å²) in [6.07, 6.45) is 2.66. The van der Waals surface area contributed by atoms with E-state index in [1.807, 2.05) is 6.07 Å². The summed E-state index contributed by atoms with van der Waals surface area (Å²) in [5, 5.41) is 15.6. The van der Waals surface area contributed by atoms with Gasteiger partial charge in [0, 0.05) is 25.0 Å². The molecule has 0 aliphatic carbocycles. The maximum absolute atomic E-state index is 12.3. The van der Waals surface area contributed by atoms with Crippen LogP contribution in [0.25, 0.3) is 0 Å². The van der Waals surface area contributed by atoms with Crippen LogP contribution in [-0.4, -0.2) is 38.6 Å². The van der Waals surface area contributed by atoms with Crippen molar-refractivity contribution < 1.29 is 14.7 Å². The first-order valence-corrected chi connectivity index (χ1v) is 6.74. The summed E-state index contributed by atoms with van der Waals surface area (Å²) in [6, 6.07) is 6.89. The number of aromatic carboxylic acids is 1. The fourth-order valence-corrected chi connectivity index (χ4v) is 2.56. The zero-order chi connectivity index (χ0) is 14.8. The highest BCUT2D eigenvalue weighted by atomic mass is 16.4. The van der Waals surface area contributed by atoms with Gasteiger partial charge in [0.25, 0.3) is 0 Å². The molecule has 108 valence electrons. The SMILES string of the molecule is O=C(O)c1ccc2c(c1)CN(C(=O)Cc1ccn[nH]1)CC2. The Morgan fingerprint density at radius 3 is 2.86 bits per heavy atom. The molecule has 2 N–H and O–H groups in total. The van der Waals surface area contributed by atoms with Gasteiger partial charge in [-0.05, 0) is 35.7 Å². The third kappa shape index (κ3) is 2.79. The number of carboxylic acids is 1. The number of aromatic amines is 1. The zero-order valence-corrected chi connectivity index (χ0v) is 11.4. The van der Waals surface area contributed by atoms with Gasteiger partial charge in [-0.25, -0.2) is 4.79 Å². The van der Waals surface area contributed by atoms with Gasteiger partial charge >= 0.3 is 5.97 Å². The third-order valence-electron chi connectivity index (χ3n) is 3.72. The molecule has 0 saturated heterocycles. The molecule has 1 aromatic heterocycles. The number of nitrogens with zero attached hydrogens (tertiary/aromatic N) is 2. The van der Waals surface area contributed by atoms with E-state index in [2.05, 4.69) is 10.2 Å². The number of carbonyl (C=O) groups is 2. The molecule has 1 amide bonds. The van der Waals surface area contributed by atoms with Crippen molar-refractivity contribution >= 4 is 11.9 Å². The summed E-state index contributed by atoms with van der Waals surface area (Å²) in [4.78, 5) is 25.0. The van der Waals surface area contributed by atoms with E-state index < -0.39 is 5.97 Å². The van der Waals surface area contributed by atoms with Crippen molar-refractivity contribution in [2.45, 2.75) is 19.4 Å². The molecule has 0 radical (unpaired) electrons. The topological polar surface area (TPSA) is 86.3 Å². The van der Waals surface area contributed by atoms with Crippen LogP contribution in [0.15, 0.2) is 30.5 Å². The average Bonchev–Trinajstić information content (AvgIpc) is 2.98. The number of carbonyl (C=O) groups excluding carboxylic acids is 1. The number of nitrogens with one attached hydrogen (secondary N) is 1. The van der Waals surface area contributed by atoms with Gasteiger partial charge in [-0.15, -0.1) is 0 Å². The van der Waals surface area contributed by atoms with Crippen LogP contribution >= 0.6 is 0 Å². The highest BCUT2D eigenvalue weighted by molar-refractivity contribution is 5.88. The second-order valence-corrected chi connectivity index (χ2v) is 5.11. The molecule has 0 unspecified atom stereocenters. The largest absolute Gasteiger partial charge is 0.478 e. The van der Waals surface area contributed by atoms with E-state index in [1.165, 1.54) is 0 Å². The Hall–Kier alpha value is -2.63. The van der Waals surface area contributed by atoms with E-state index in [-0.39, 0.29) is 17.9 Å². The zero-order valence-electron chi connectivity index (χ0n) is 11.4. The lowest BCUT2D eigenvalue weighted by atomic mass is 9.97. The molecule has 1 aromatic carbocycles. The second kappa shape index (κ2) is 5.40. The number of amides is 1. The fraction of sp³-hybridized carbons (Fsp3) is 0.267. The van der Waals surface area contributed by atoms with Gasteiger partial charge in [0.1, 0.15) is 0 Å². The van der Waals surface area contributed by atoms with Crippen LogP contribution in [0.3, 0.4) is 0 Å². The highest BCUT2D eigenvalue weighted by Crippen LogP contribution is 2.21. The molecule has 0 spiro atoms. The molecule has 2 heterocycles. The van der Waals surface area contributed by atoms with E-state index in [4.69, 9.17) is 5.11 Å². The number of aromatic nitrogens is 2. The lowest BCUT2D eigenvalue weighted by Crippen LogP contribution is -2.37. The molecular weight excluding hydrogens is 270 g/mol. The smallest absolute Gasteiger partial charge is 0.335 e. The molecule has 0 atom stereocenters. The molecule has 0 saturated carbocycles. The van der Waals surface area contributed by atoms with Crippen molar-refractivity contribution in [1.82, 2.24) is 15.1 Å². The number of rotatable bonds is 3. The van der Waals surface area contributed by atoms with E-state index in [1.54, 1.807) is 29.3 Å². The first kappa shape index (κ1) is 13.4. The summed E-state index contributed by atoms with van der Waals surface area (Å²) < 4.78 is 0. The summed E-state index contributed by atoms with van der Waals surface area (Å²) in [6.45, 7) is 1.12. The number of H-pyrrole nitrogens is 1. The maximum atomic E-state index is 12.3. The number of hydrogen-bond acceptors (Lipinski definition) is 3. The maximum Gasteiger partial charge on any atom is 0.335 e. The standard InChI is InChI=1S/C15H15N3O3/c19-14(8-13-3-5-16-17-13)18-6-4-10-1-2-11(15(20)21)7-12(10)9-18/h1-3,5,7H,4,6,8-9H2,(H,16,17)(H,20,21). The van der Waals surface area contributed by atoms with Gasteiger partial charge in [-0.2, -0.15) is 5.10 Å². The van der Waals surface area contributed by atoms with Crippen LogP contribution in [0.4, 0.5) is 0 Å². The molecular formula is C15H15N3O3.